The Morgan fingerprint density at radius 2 is 1.88 bits per heavy atom. The lowest BCUT2D eigenvalue weighted by atomic mass is 10.0. The fourth-order valence-electron chi connectivity index (χ4n) is 1.82. The molecule has 3 nitrogen and oxygen atoms in total. The van der Waals surface area contributed by atoms with Crippen LogP contribution >= 0.6 is 0 Å². The SMILES string of the molecule is OCc1ccc(OCC2CCOCC2)cc1. The Bertz CT molecular complexity index is 301. The van der Waals surface area contributed by atoms with Gasteiger partial charge in [-0.1, -0.05) is 12.1 Å². The number of ether oxygens (including phenoxy) is 2. The van der Waals surface area contributed by atoms with E-state index in [-0.39, 0.29) is 6.61 Å². The minimum Gasteiger partial charge on any atom is -0.493 e. The molecule has 1 aromatic rings. The van der Waals surface area contributed by atoms with Gasteiger partial charge >= 0.3 is 0 Å². The normalized spacial score (nSPS) is 17.3. The molecule has 0 bridgehead atoms. The Kier molecular flexibility index (Phi) is 4.19. The summed E-state index contributed by atoms with van der Waals surface area (Å²) in [5, 5.41) is 8.91. The van der Waals surface area contributed by atoms with Gasteiger partial charge in [0.25, 0.3) is 0 Å². The molecule has 88 valence electrons. The summed E-state index contributed by atoms with van der Waals surface area (Å²) in [5.41, 5.74) is 0.915. The van der Waals surface area contributed by atoms with Gasteiger partial charge in [0.05, 0.1) is 13.2 Å². The Labute approximate surface area is 96.0 Å². The van der Waals surface area contributed by atoms with Crippen LogP contribution in [0, 0.1) is 5.92 Å². The molecule has 1 saturated heterocycles. The summed E-state index contributed by atoms with van der Waals surface area (Å²) in [6.45, 7) is 2.57. The van der Waals surface area contributed by atoms with E-state index in [0.717, 1.165) is 44.0 Å². The van der Waals surface area contributed by atoms with Crippen LogP contribution in [0.5, 0.6) is 5.75 Å². The second-order valence-corrected chi connectivity index (χ2v) is 4.17. The molecule has 0 aromatic heterocycles. The van der Waals surface area contributed by atoms with Gasteiger partial charge in [-0.3, -0.25) is 0 Å². The summed E-state index contributed by atoms with van der Waals surface area (Å²) >= 11 is 0. The van der Waals surface area contributed by atoms with Crippen molar-refractivity contribution in [2.75, 3.05) is 19.8 Å². The molecule has 0 radical (unpaired) electrons. The van der Waals surface area contributed by atoms with E-state index in [1.54, 1.807) is 0 Å². The van der Waals surface area contributed by atoms with Crippen LogP contribution in [0.15, 0.2) is 24.3 Å². The maximum Gasteiger partial charge on any atom is 0.119 e. The van der Waals surface area contributed by atoms with Crippen LogP contribution in [0.4, 0.5) is 0 Å². The summed E-state index contributed by atoms with van der Waals surface area (Å²) < 4.78 is 11.0. The van der Waals surface area contributed by atoms with Crippen molar-refractivity contribution in [3.63, 3.8) is 0 Å². The van der Waals surface area contributed by atoms with Gasteiger partial charge in [-0.15, -0.1) is 0 Å². The van der Waals surface area contributed by atoms with Gasteiger partial charge in [-0.2, -0.15) is 0 Å². The van der Waals surface area contributed by atoms with Crippen molar-refractivity contribution >= 4 is 0 Å². The number of rotatable bonds is 4. The molecule has 1 aliphatic rings. The van der Waals surface area contributed by atoms with Gasteiger partial charge < -0.3 is 14.6 Å². The van der Waals surface area contributed by atoms with Crippen LogP contribution in [0.3, 0.4) is 0 Å². The highest BCUT2D eigenvalue weighted by molar-refractivity contribution is 5.26. The maximum atomic E-state index is 8.91. The largest absolute Gasteiger partial charge is 0.493 e. The van der Waals surface area contributed by atoms with Crippen LogP contribution in [-0.2, 0) is 11.3 Å². The average molecular weight is 222 g/mol. The lowest BCUT2D eigenvalue weighted by molar-refractivity contribution is 0.0497. The van der Waals surface area contributed by atoms with Crippen LogP contribution in [0.2, 0.25) is 0 Å². The van der Waals surface area contributed by atoms with E-state index >= 15 is 0 Å². The Morgan fingerprint density at radius 3 is 2.50 bits per heavy atom. The number of hydrogen-bond donors (Lipinski definition) is 1. The smallest absolute Gasteiger partial charge is 0.119 e. The molecular formula is C13H18O3. The molecule has 3 heteroatoms. The predicted octanol–water partition coefficient (Wildman–Crippen LogP) is 1.98. The van der Waals surface area contributed by atoms with E-state index in [9.17, 15) is 0 Å². The standard InChI is InChI=1S/C13H18O3/c14-9-11-1-3-13(4-2-11)16-10-12-5-7-15-8-6-12/h1-4,12,14H,5-10H2. The summed E-state index contributed by atoms with van der Waals surface area (Å²) in [5.74, 6) is 1.50. The summed E-state index contributed by atoms with van der Waals surface area (Å²) in [6, 6.07) is 7.59. The molecule has 1 fully saturated rings. The third-order valence-corrected chi connectivity index (χ3v) is 2.93. The molecule has 0 saturated carbocycles. The molecule has 16 heavy (non-hydrogen) atoms. The molecule has 0 unspecified atom stereocenters. The zero-order valence-corrected chi connectivity index (χ0v) is 9.39. The quantitative estimate of drug-likeness (QED) is 0.846. The summed E-state index contributed by atoms with van der Waals surface area (Å²) in [4.78, 5) is 0. The fourth-order valence-corrected chi connectivity index (χ4v) is 1.82. The van der Waals surface area contributed by atoms with Gasteiger partial charge in [0, 0.05) is 13.2 Å². The second-order valence-electron chi connectivity index (χ2n) is 4.17. The van der Waals surface area contributed by atoms with Crippen LogP contribution in [0.1, 0.15) is 18.4 Å². The molecule has 0 amide bonds. The summed E-state index contributed by atoms with van der Waals surface area (Å²) in [6.07, 6.45) is 2.18. The highest BCUT2D eigenvalue weighted by Crippen LogP contribution is 2.18. The zero-order valence-electron chi connectivity index (χ0n) is 9.39. The van der Waals surface area contributed by atoms with Crippen molar-refractivity contribution in [2.24, 2.45) is 5.92 Å². The van der Waals surface area contributed by atoms with E-state index in [0.29, 0.717) is 5.92 Å². The molecular weight excluding hydrogens is 204 g/mol. The first-order valence-electron chi connectivity index (χ1n) is 5.79. The molecule has 1 N–H and O–H groups in total. The number of hydrogen-bond acceptors (Lipinski definition) is 3. The molecule has 1 aliphatic heterocycles. The van der Waals surface area contributed by atoms with Crippen molar-refractivity contribution in [1.29, 1.82) is 0 Å². The lowest BCUT2D eigenvalue weighted by Gasteiger charge is -2.22. The first kappa shape index (κ1) is 11.4. The van der Waals surface area contributed by atoms with E-state index in [1.165, 1.54) is 0 Å². The van der Waals surface area contributed by atoms with E-state index in [2.05, 4.69) is 0 Å². The highest BCUT2D eigenvalue weighted by Gasteiger charge is 2.14. The van der Waals surface area contributed by atoms with E-state index < -0.39 is 0 Å². The van der Waals surface area contributed by atoms with Crippen molar-refractivity contribution < 1.29 is 14.6 Å². The van der Waals surface area contributed by atoms with Crippen LogP contribution in [-0.4, -0.2) is 24.9 Å². The molecule has 2 rings (SSSR count). The number of benzene rings is 1. The Morgan fingerprint density at radius 1 is 1.19 bits per heavy atom. The van der Waals surface area contributed by atoms with Crippen LogP contribution in [0.25, 0.3) is 0 Å². The summed E-state index contributed by atoms with van der Waals surface area (Å²) in [7, 11) is 0. The molecule has 0 spiro atoms. The van der Waals surface area contributed by atoms with E-state index in [1.807, 2.05) is 24.3 Å². The Hall–Kier alpha value is -1.06. The van der Waals surface area contributed by atoms with E-state index in [4.69, 9.17) is 14.6 Å². The van der Waals surface area contributed by atoms with Crippen molar-refractivity contribution in [3.05, 3.63) is 29.8 Å². The van der Waals surface area contributed by atoms with Gasteiger partial charge in [0.1, 0.15) is 5.75 Å². The van der Waals surface area contributed by atoms with Gasteiger partial charge in [0.2, 0.25) is 0 Å². The number of aliphatic hydroxyl groups is 1. The van der Waals surface area contributed by atoms with Crippen LogP contribution < -0.4 is 4.74 Å². The van der Waals surface area contributed by atoms with Crippen molar-refractivity contribution in [1.82, 2.24) is 0 Å². The Balaban J connectivity index is 1.79. The molecule has 0 aliphatic carbocycles. The first-order chi connectivity index (χ1) is 7.88. The minimum atomic E-state index is 0.0836. The lowest BCUT2D eigenvalue weighted by Crippen LogP contribution is -2.21. The monoisotopic (exact) mass is 222 g/mol. The topological polar surface area (TPSA) is 38.7 Å². The molecule has 1 aromatic carbocycles. The first-order valence-corrected chi connectivity index (χ1v) is 5.79. The predicted molar refractivity (Wildman–Crippen MR) is 61.4 cm³/mol. The van der Waals surface area contributed by atoms with Crippen molar-refractivity contribution in [2.45, 2.75) is 19.4 Å². The third kappa shape index (κ3) is 3.22. The fraction of sp³-hybridized carbons (Fsp3) is 0.538. The number of aliphatic hydroxyl groups excluding tert-OH is 1. The highest BCUT2D eigenvalue weighted by atomic mass is 16.5. The third-order valence-electron chi connectivity index (χ3n) is 2.93. The molecule has 0 atom stereocenters. The zero-order chi connectivity index (χ0) is 11.2. The van der Waals surface area contributed by atoms with Gasteiger partial charge in [-0.05, 0) is 36.5 Å². The minimum absolute atomic E-state index is 0.0836. The second kappa shape index (κ2) is 5.87. The maximum absolute atomic E-state index is 8.91. The molecule has 1 heterocycles. The van der Waals surface area contributed by atoms with Gasteiger partial charge in [-0.25, -0.2) is 0 Å². The van der Waals surface area contributed by atoms with Gasteiger partial charge in [0.15, 0.2) is 0 Å². The van der Waals surface area contributed by atoms with Crippen molar-refractivity contribution in [3.8, 4) is 5.75 Å². The average Bonchev–Trinajstić information content (AvgIpc) is 2.38.